The lowest BCUT2D eigenvalue weighted by Gasteiger charge is -2.13. The number of hydrogen-bond acceptors (Lipinski definition) is 1. The van der Waals surface area contributed by atoms with Gasteiger partial charge in [-0.25, -0.2) is 0 Å². The SMILES string of the molecule is CCCCCNc1cc(C(F)(F)F)ccc1C. The number of anilines is 1. The first-order valence-corrected chi connectivity index (χ1v) is 5.87. The molecule has 0 aliphatic carbocycles. The molecular formula is C13H18F3N. The zero-order valence-electron chi connectivity index (χ0n) is 10.2. The lowest BCUT2D eigenvalue weighted by Crippen LogP contribution is -2.08. The molecule has 0 saturated heterocycles. The molecule has 0 saturated carbocycles. The first kappa shape index (κ1) is 13.9. The van der Waals surface area contributed by atoms with Crippen molar-refractivity contribution in [3.63, 3.8) is 0 Å². The summed E-state index contributed by atoms with van der Waals surface area (Å²) in [6, 6.07) is 3.80. The minimum absolute atomic E-state index is 0.580. The van der Waals surface area contributed by atoms with Gasteiger partial charge in [0.05, 0.1) is 5.56 Å². The number of nitrogens with one attached hydrogen (secondary N) is 1. The Labute approximate surface area is 100 Å². The minimum atomic E-state index is -4.27. The van der Waals surface area contributed by atoms with Gasteiger partial charge < -0.3 is 5.32 Å². The quantitative estimate of drug-likeness (QED) is 0.746. The van der Waals surface area contributed by atoms with Crippen LogP contribution in [0.3, 0.4) is 0 Å². The van der Waals surface area contributed by atoms with Crippen LogP contribution in [0.15, 0.2) is 18.2 Å². The Kier molecular flexibility index (Phi) is 4.85. The zero-order chi connectivity index (χ0) is 12.9. The van der Waals surface area contributed by atoms with E-state index < -0.39 is 11.7 Å². The van der Waals surface area contributed by atoms with Gasteiger partial charge in [0.25, 0.3) is 0 Å². The van der Waals surface area contributed by atoms with E-state index in [0.717, 1.165) is 37.4 Å². The lowest BCUT2D eigenvalue weighted by atomic mass is 10.1. The predicted molar refractivity (Wildman–Crippen MR) is 64.2 cm³/mol. The maximum absolute atomic E-state index is 12.5. The largest absolute Gasteiger partial charge is 0.416 e. The van der Waals surface area contributed by atoms with Crippen LogP contribution >= 0.6 is 0 Å². The molecule has 0 aliphatic heterocycles. The number of benzene rings is 1. The van der Waals surface area contributed by atoms with Crippen LogP contribution in [-0.4, -0.2) is 6.54 Å². The lowest BCUT2D eigenvalue weighted by molar-refractivity contribution is -0.137. The van der Waals surface area contributed by atoms with Gasteiger partial charge in [0.1, 0.15) is 0 Å². The molecule has 0 amide bonds. The maximum atomic E-state index is 12.5. The number of aryl methyl sites for hydroxylation is 1. The summed E-state index contributed by atoms with van der Waals surface area (Å²) < 4.78 is 37.5. The molecule has 1 rings (SSSR count). The Morgan fingerprint density at radius 3 is 2.47 bits per heavy atom. The molecule has 1 aromatic carbocycles. The Balaban J connectivity index is 2.70. The molecule has 17 heavy (non-hydrogen) atoms. The number of halogens is 3. The molecule has 0 atom stereocenters. The van der Waals surface area contributed by atoms with E-state index in [1.165, 1.54) is 12.1 Å². The van der Waals surface area contributed by atoms with Crippen LogP contribution in [0.1, 0.15) is 37.3 Å². The van der Waals surface area contributed by atoms with E-state index in [9.17, 15) is 13.2 Å². The highest BCUT2D eigenvalue weighted by Gasteiger charge is 2.30. The van der Waals surface area contributed by atoms with Crippen molar-refractivity contribution in [2.24, 2.45) is 0 Å². The average Bonchev–Trinajstić information content (AvgIpc) is 2.25. The molecule has 1 nitrogen and oxygen atoms in total. The number of alkyl halides is 3. The van der Waals surface area contributed by atoms with Crippen molar-refractivity contribution < 1.29 is 13.2 Å². The van der Waals surface area contributed by atoms with Gasteiger partial charge in [0.2, 0.25) is 0 Å². The van der Waals surface area contributed by atoms with Gasteiger partial charge in [0.15, 0.2) is 0 Å². The number of hydrogen-bond donors (Lipinski definition) is 1. The van der Waals surface area contributed by atoms with E-state index in [4.69, 9.17) is 0 Å². The second-order valence-corrected chi connectivity index (χ2v) is 4.16. The van der Waals surface area contributed by atoms with Crippen LogP contribution in [-0.2, 0) is 6.18 Å². The monoisotopic (exact) mass is 245 g/mol. The van der Waals surface area contributed by atoms with Crippen molar-refractivity contribution in [2.75, 3.05) is 11.9 Å². The molecule has 0 heterocycles. The average molecular weight is 245 g/mol. The Morgan fingerprint density at radius 2 is 1.88 bits per heavy atom. The predicted octanol–water partition coefficient (Wildman–Crippen LogP) is 4.62. The Bertz CT molecular complexity index is 358. The van der Waals surface area contributed by atoms with Crippen LogP contribution in [0.4, 0.5) is 18.9 Å². The summed E-state index contributed by atoms with van der Waals surface area (Å²) in [5, 5.41) is 3.06. The summed E-state index contributed by atoms with van der Waals surface area (Å²) in [5.41, 5.74) is 0.825. The molecule has 0 aliphatic rings. The highest BCUT2D eigenvalue weighted by atomic mass is 19.4. The van der Waals surface area contributed by atoms with Gasteiger partial charge in [-0.3, -0.25) is 0 Å². The van der Waals surface area contributed by atoms with E-state index in [2.05, 4.69) is 12.2 Å². The van der Waals surface area contributed by atoms with Crippen molar-refractivity contribution in [2.45, 2.75) is 39.3 Å². The van der Waals surface area contributed by atoms with Gasteiger partial charge >= 0.3 is 6.18 Å². The summed E-state index contributed by atoms with van der Waals surface area (Å²) in [5.74, 6) is 0. The van der Waals surface area contributed by atoms with E-state index in [1.807, 2.05) is 6.92 Å². The van der Waals surface area contributed by atoms with E-state index in [1.54, 1.807) is 0 Å². The van der Waals surface area contributed by atoms with Gasteiger partial charge in [0, 0.05) is 12.2 Å². The topological polar surface area (TPSA) is 12.0 Å². The second kappa shape index (κ2) is 5.94. The smallest absolute Gasteiger partial charge is 0.385 e. The van der Waals surface area contributed by atoms with Crippen molar-refractivity contribution in [1.82, 2.24) is 0 Å². The highest BCUT2D eigenvalue weighted by molar-refractivity contribution is 5.53. The Morgan fingerprint density at radius 1 is 1.18 bits per heavy atom. The summed E-state index contributed by atoms with van der Waals surface area (Å²) >= 11 is 0. The van der Waals surface area contributed by atoms with Crippen molar-refractivity contribution in [1.29, 1.82) is 0 Å². The molecule has 0 unspecified atom stereocenters. The van der Waals surface area contributed by atoms with E-state index in [0.29, 0.717) is 5.69 Å². The van der Waals surface area contributed by atoms with Crippen LogP contribution < -0.4 is 5.32 Å². The highest BCUT2D eigenvalue weighted by Crippen LogP contribution is 2.31. The third-order valence-corrected chi connectivity index (χ3v) is 2.66. The summed E-state index contributed by atoms with van der Waals surface area (Å²) in [6.07, 6.45) is -1.10. The van der Waals surface area contributed by atoms with Crippen LogP contribution in [0.5, 0.6) is 0 Å². The molecule has 1 N–H and O–H groups in total. The molecule has 0 fully saturated rings. The molecular weight excluding hydrogens is 227 g/mol. The molecule has 0 aromatic heterocycles. The first-order valence-electron chi connectivity index (χ1n) is 5.87. The summed E-state index contributed by atoms with van der Waals surface area (Å²) in [4.78, 5) is 0. The number of unbranched alkanes of at least 4 members (excludes halogenated alkanes) is 2. The molecule has 4 heteroatoms. The number of rotatable bonds is 5. The van der Waals surface area contributed by atoms with Gasteiger partial charge in [-0.05, 0) is 31.0 Å². The molecule has 96 valence electrons. The fraction of sp³-hybridized carbons (Fsp3) is 0.538. The Hall–Kier alpha value is -1.19. The van der Waals surface area contributed by atoms with Crippen molar-refractivity contribution >= 4 is 5.69 Å². The van der Waals surface area contributed by atoms with Gasteiger partial charge in [-0.15, -0.1) is 0 Å². The van der Waals surface area contributed by atoms with Crippen LogP contribution in [0, 0.1) is 6.92 Å². The second-order valence-electron chi connectivity index (χ2n) is 4.16. The van der Waals surface area contributed by atoms with E-state index >= 15 is 0 Å². The van der Waals surface area contributed by atoms with Gasteiger partial charge in [-0.2, -0.15) is 13.2 Å². The third-order valence-electron chi connectivity index (χ3n) is 2.66. The molecule has 0 radical (unpaired) electrons. The molecule has 0 bridgehead atoms. The molecule has 0 spiro atoms. The normalized spacial score (nSPS) is 11.6. The summed E-state index contributed by atoms with van der Waals surface area (Å²) in [6.45, 7) is 4.62. The van der Waals surface area contributed by atoms with E-state index in [-0.39, 0.29) is 0 Å². The van der Waals surface area contributed by atoms with Gasteiger partial charge in [-0.1, -0.05) is 25.8 Å². The van der Waals surface area contributed by atoms with Crippen molar-refractivity contribution in [3.8, 4) is 0 Å². The zero-order valence-corrected chi connectivity index (χ0v) is 10.2. The standard InChI is InChI=1S/C13H18F3N/c1-3-4-5-8-17-12-9-11(13(14,15)16)7-6-10(12)2/h6-7,9,17H,3-5,8H2,1-2H3. The first-order chi connectivity index (χ1) is 7.95. The third kappa shape index (κ3) is 4.29. The fourth-order valence-corrected chi connectivity index (χ4v) is 1.59. The van der Waals surface area contributed by atoms with Crippen molar-refractivity contribution in [3.05, 3.63) is 29.3 Å². The summed E-state index contributed by atoms with van der Waals surface area (Å²) in [7, 11) is 0. The maximum Gasteiger partial charge on any atom is 0.416 e. The fourth-order valence-electron chi connectivity index (χ4n) is 1.59. The van der Waals surface area contributed by atoms with Crippen LogP contribution in [0.2, 0.25) is 0 Å². The minimum Gasteiger partial charge on any atom is -0.385 e. The molecule has 1 aromatic rings. The van der Waals surface area contributed by atoms with Crippen LogP contribution in [0.25, 0.3) is 0 Å².